The standard InChI is InChI=1S/C25H31BrF2N4O4S/c26-17-7-5-16(6-8-17)25(27,28)23(24(33)32-14-13-21(29)22(30)15-32)31-37(34,35)20-11-9-19(10-12-20)36-18-3-1-2-4-18/h5-12,18,21-23,31H,1-4,13-15,29-30H2/t21?,22-,23+/m0/s1. The van der Waals surface area contributed by atoms with E-state index in [0.717, 1.165) is 42.7 Å². The number of halogens is 3. The quantitative estimate of drug-likeness (QED) is 0.427. The van der Waals surface area contributed by atoms with Gasteiger partial charge in [-0.25, -0.2) is 8.42 Å². The van der Waals surface area contributed by atoms with Crippen molar-refractivity contribution < 1.29 is 26.7 Å². The number of alkyl halides is 2. The van der Waals surface area contributed by atoms with Gasteiger partial charge in [0.2, 0.25) is 15.9 Å². The van der Waals surface area contributed by atoms with Crippen LogP contribution in [0.1, 0.15) is 37.7 Å². The Hall–Kier alpha value is -2.12. The maximum atomic E-state index is 15.8. The van der Waals surface area contributed by atoms with Crippen molar-refractivity contribution in [2.24, 2.45) is 11.5 Å². The Balaban J connectivity index is 1.61. The molecule has 1 aliphatic carbocycles. The lowest BCUT2D eigenvalue weighted by Crippen LogP contribution is -2.62. The molecule has 202 valence electrons. The van der Waals surface area contributed by atoms with Gasteiger partial charge in [-0.3, -0.25) is 4.79 Å². The Labute approximate surface area is 223 Å². The summed E-state index contributed by atoms with van der Waals surface area (Å²) in [5.41, 5.74) is 11.4. The predicted molar refractivity (Wildman–Crippen MR) is 139 cm³/mol. The number of benzene rings is 2. The Bertz CT molecular complexity index is 1190. The molecule has 8 nitrogen and oxygen atoms in total. The summed E-state index contributed by atoms with van der Waals surface area (Å²) in [7, 11) is -4.51. The first-order valence-electron chi connectivity index (χ1n) is 12.2. The molecule has 1 amide bonds. The van der Waals surface area contributed by atoms with Crippen LogP contribution >= 0.6 is 15.9 Å². The third-order valence-electron chi connectivity index (χ3n) is 6.88. The first-order chi connectivity index (χ1) is 17.5. The van der Waals surface area contributed by atoms with E-state index in [1.165, 1.54) is 36.4 Å². The van der Waals surface area contributed by atoms with Crippen molar-refractivity contribution in [3.05, 3.63) is 58.6 Å². The van der Waals surface area contributed by atoms with Crippen molar-refractivity contribution >= 4 is 31.9 Å². The van der Waals surface area contributed by atoms with Crippen LogP contribution in [0.4, 0.5) is 8.78 Å². The van der Waals surface area contributed by atoms with E-state index in [2.05, 4.69) is 15.9 Å². The molecule has 1 saturated carbocycles. The zero-order valence-electron chi connectivity index (χ0n) is 20.2. The van der Waals surface area contributed by atoms with Crippen molar-refractivity contribution in [2.45, 2.75) is 67.2 Å². The van der Waals surface area contributed by atoms with Crippen LogP contribution < -0.4 is 20.9 Å². The molecule has 2 aromatic carbocycles. The number of rotatable bonds is 8. The molecule has 3 atom stereocenters. The Morgan fingerprint density at radius 1 is 1.03 bits per heavy atom. The Morgan fingerprint density at radius 3 is 2.24 bits per heavy atom. The van der Waals surface area contributed by atoms with E-state index in [1.807, 2.05) is 4.72 Å². The van der Waals surface area contributed by atoms with E-state index < -0.39 is 39.5 Å². The van der Waals surface area contributed by atoms with Gasteiger partial charge in [0.05, 0.1) is 11.0 Å². The molecular formula is C25H31BrF2N4O4S. The lowest BCUT2D eigenvalue weighted by atomic mass is 9.97. The van der Waals surface area contributed by atoms with Crippen LogP contribution in [0.15, 0.2) is 57.9 Å². The monoisotopic (exact) mass is 600 g/mol. The van der Waals surface area contributed by atoms with Gasteiger partial charge in [-0.2, -0.15) is 13.5 Å². The van der Waals surface area contributed by atoms with E-state index in [0.29, 0.717) is 16.6 Å². The Morgan fingerprint density at radius 2 is 1.65 bits per heavy atom. The highest BCUT2D eigenvalue weighted by molar-refractivity contribution is 9.10. The number of nitrogens with one attached hydrogen (secondary N) is 1. The van der Waals surface area contributed by atoms with Crippen molar-refractivity contribution in [2.75, 3.05) is 13.1 Å². The molecule has 5 N–H and O–H groups in total. The second-order valence-corrected chi connectivity index (χ2v) is 12.2. The molecule has 1 unspecified atom stereocenters. The number of amides is 1. The zero-order valence-corrected chi connectivity index (χ0v) is 22.6. The van der Waals surface area contributed by atoms with Gasteiger partial charge in [0, 0.05) is 35.2 Å². The van der Waals surface area contributed by atoms with Gasteiger partial charge >= 0.3 is 0 Å². The zero-order chi connectivity index (χ0) is 26.8. The van der Waals surface area contributed by atoms with Gasteiger partial charge in [0.15, 0.2) is 6.04 Å². The van der Waals surface area contributed by atoms with Crippen LogP contribution in [0.25, 0.3) is 0 Å². The molecule has 4 rings (SSSR count). The lowest BCUT2D eigenvalue weighted by molar-refractivity contribution is -0.145. The third-order valence-corrected chi connectivity index (χ3v) is 8.84. The highest BCUT2D eigenvalue weighted by Gasteiger charge is 2.50. The van der Waals surface area contributed by atoms with Gasteiger partial charge in [0.25, 0.3) is 5.92 Å². The number of nitrogens with zero attached hydrogens (tertiary/aromatic N) is 1. The summed E-state index contributed by atoms with van der Waals surface area (Å²) in [5, 5.41) is 0. The molecule has 2 aliphatic rings. The topological polar surface area (TPSA) is 128 Å². The van der Waals surface area contributed by atoms with Gasteiger partial charge in [0.1, 0.15) is 5.75 Å². The number of carbonyl (C=O) groups is 1. The predicted octanol–water partition coefficient (Wildman–Crippen LogP) is 3.10. The third kappa shape index (κ3) is 6.48. The average Bonchev–Trinajstić information content (AvgIpc) is 3.37. The molecule has 1 heterocycles. The van der Waals surface area contributed by atoms with E-state index in [1.54, 1.807) is 0 Å². The molecule has 0 radical (unpaired) electrons. The summed E-state index contributed by atoms with van der Waals surface area (Å²) in [6, 6.07) is 7.25. The molecule has 0 bridgehead atoms. The van der Waals surface area contributed by atoms with Crippen LogP contribution in [0, 0.1) is 0 Å². The summed E-state index contributed by atoms with van der Waals surface area (Å²) in [5.74, 6) is -4.43. The van der Waals surface area contributed by atoms with Crippen LogP contribution in [-0.4, -0.2) is 56.5 Å². The fourth-order valence-corrected chi connectivity index (χ4v) is 6.07. The molecule has 2 aromatic rings. The van der Waals surface area contributed by atoms with Crippen molar-refractivity contribution in [3.63, 3.8) is 0 Å². The summed E-state index contributed by atoms with van der Waals surface area (Å²) in [6.45, 7) is 0.0391. The average molecular weight is 602 g/mol. The number of nitrogens with two attached hydrogens (primary N) is 2. The van der Waals surface area contributed by atoms with Crippen molar-refractivity contribution in [1.29, 1.82) is 0 Å². The molecular weight excluding hydrogens is 570 g/mol. The van der Waals surface area contributed by atoms with Gasteiger partial charge in [-0.1, -0.05) is 28.1 Å². The SMILES string of the molecule is NC1CCN(C(=O)[C@@H](NS(=O)(=O)c2ccc(OC3CCCC3)cc2)C(F)(F)c2ccc(Br)cc2)C[C@@H]1N. The number of carbonyl (C=O) groups excluding carboxylic acids is 1. The first kappa shape index (κ1) is 27.9. The second kappa shape index (κ2) is 11.3. The van der Waals surface area contributed by atoms with Crippen molar-refractivity contribution in [3.8, 4) is 5.75 Å². The van der Waals surface area contributed by atoms with Crippen molar-refractivity contribution in [1.82, 2.24) is 9.62 Å². The van der Waals surface area contributed by atoms with Crippen LogP contribution in [0.2, 0.25) is 0 Å². The van der Waals surface area contributed by atoms with E-state index in [9.17, 15) is 13.2 Å². The van der Waals surface area contributed by atoms with Gasteiger partial charge in [-0.15, -0.1) is 0 Å². The Kier molecular flexibility index (Phi) is 8.54. The van der Waals surface area contributed by atoms with Crippen LogP contribution in [-0.2, 0) is 20.7 Å². The molecule has 12 heteroatoms. The largest absolute Gasteiger partial charge is 0.490 e. The summed E-state index contributed by atoms with van der Waals surface area (Å²) < 4.78 is 66.5. The fourth-order valence-electron chi connectivity index (χ4n) is 4.62. The number of hydrogen-bond acceptors (Lipinski definition) is 6. The smallest absolute Gasteiger partial charge is 0.298 e. The van der Waals surface area contributed by atoms with E-state index in [4.69, 9.17) is 16.2 Å². The normalized spacial score (nSPS) is 22.1. The van der Waals surface area contributed by atoms with Crippen LogP contribution in [0.3, 0.4) is 0 Å². The van der Waals surface area contributed by atoms with Crippen LogP contribution in [0.5, 0.6) is 5.75 Å². The van der Waals surface area contributed by atoms with Gasteiger partial charge in [-0.05, 0) is 68.5 Å². The number of ether oxygens (including phenoxy) is 1. The summed E-state index contributed by atoms with van der Waals surface area (Å²) in [6.07, 6.45) is 4.42. The van der Waals surface area contributed by atoms with E-state index >= 15 is 8.78 Å². The minimum atomic E-state index is -4.51. The molecule has 0 spiro atoms. The highest BCUT2D eigenvalue weighted by Crippen LogP contribution is 2.35. The second-order valence-electron chi connectivity index (χ2n) is 9.58. The molecule has 0 aromatic heterocycles. The number of likely N-dealkylation sites (tertiary alicyclic amines) is 1. The molecule has 37 heavy (non-hydrogen) atoms. The number of piperidine rings is 1. The minimum Gasteiger partial charge on any atom is -0.490 e. The fraction of sp³-hybridized carbons (Fsp3) is 0.480. The molecule has 1 saturated heterocycles. The highest BCUT2D eigenvalue weighted by atomic mass is 79.9. The minimum absolute atomic E-state index is 0.0537. The maximum absolute atomic E-state index is 15.8. The lowest BCUT2D eigenvalue weighted by Gasteiger charge is -2.38. The number of hydrogen-bond donors (Lipinski definition) is 3. The first-order valence-corrected chi connectivity index (χ1v) is 14.5. The molecule has 1 aliphatic heterocycles. The van der Waals surface area contributed by atoms with E-state index in [-0.39, 0.29) is 30.1 Å². The number of sulfonamides is 1. The molecule has 2 fully saturated rings. The summed E-state index contributed by atoms with van der Waals surface area (Å²) in [4.78, 5) is 14.3. The van der Waals surface area contributed by atoms with Gasteiger partial charge < -0.3 is 21.1 Å². The summed E-state index contributed by atoms with van der Waals surface area (Å²) >= 11 is 3.20. The maximum Gasteiger partial charge on any atom is 0.298 e.